The van der Waals surface area contributed by atoms with E-state index in [1.54, 1.807) is 19.2 Å². The van der Waals surface area contributed by atoms with Gasteiger partial charge in [0.1, 0.15) is 5.75 Å². The van der Waals surface area contributed by atoms with Gasteiger partial charge in [0.15, 0.2) is 0 Å². The molecule has 1 aromatic heterocycles. The van der Waals surface area contributed by atoms with Gasteiger partial charge in [-0.15, -0.1) is 0 Å². The van der Waals surface area contributed by atoms with Gasteiger partial charge in [0, 0.05) is 5.56 Å². The van der Waals surface area contributed by atoms with Crippen molar-refractivity contribution < 1.29 is 17.7 Å². The van der Waals surface area contributed by atoms with Crippen molar-refractivity contribution in [1.82, 2.24) is 14.9 Å². The first-order chi connectivity index (χ1) is 12.5. The summed E-state index contributed by atoms with van der Waals surface area (Å²) < 4.78 is 37.9. The fourth-order valence-corrected chi connectivity index (χ4v) is 3.49. The molecule has 3 rings (SSSR count). The molecule has 0 spiro atoms. The standard InChI is InChI=1S/C18H19N3O4S/c1-3-13-11-15(9-10-16(13)24-2)26(22,23)19-12-17-20-18(21-25-17)14-7-5-4-6-8-14/h4-11,19H,3,12H2,1-2H3. The molecule has 0 amide bonds. The largest absolute Gasteiger partial charge is 0.496 e. The van der Waals surface area contributed by atoms with Crippen LogP contribution in [0.25, 0.3) is 11.4 Å². The number of rotatable bonds is 7. The third-order valence-corrected chi connectivity index (χ3v) is 5.26. The molecule has 0 saturated carbocycles. The summed E-state index contributed by atoms with van der Waals surface area (Å²) in [5, 5.41) is 3.87. The summed E-state index contributed by atoms with van der Waals surface area (Å²) in [6.45, 7) is 1.85. The van der Waals surface area contributed by atoms with Gasteiger partial charge < -0.3 is 9.26 Å². The Hall–Kier alpha value is -2.71. The smallest absolute Gasteiger partial charge is 0.242 e. The van der Waals surface area contributed by atoms with Crippen LogP contribution in [0.4, 0.5) is 0 Å². The highest BCUT2D eigenvalue weighted by Gasteiger charge is 2.18. The molecule has 136 valence electrons. The summed E-state index contributed by atoms with van der Waals surface area (Å²) in [6, 6.07) is 14.1. The van der Waals surface area contributed by atoms with Gasteiger partial charge in [-0.3, -0.25) is 0 Å². The molecule has 0 aliphatic rings. The number of nitrogens with zero attached hydrogens (tertiary/aromatic N) is 2. The molecule has 8 heteroatoms. The predicted octanol–water partition coefficient (Wildman–Crippen LogP) is 2.79. The first-order valence-corrected chi connectivity index (χ1v) is 9.56. The van der Waals surface area contributed by atoms with Gasteiger partial charge in [-0.2, -0.15) is 4.98 Å². The number of hydrogen-bond acceptors (Lipinski definition) is 6. The van der Waals surface area contributed by atoms with E-state index in [4.69, 9.17) is 9.26 Å². The highest BCUT2D eigenvalue weighted by molar-refractivity contribution is 7.89. The molecule has 0 bridgehead atoms. The van der Waals surface area contributed by atoms with Crippen LogP contribution in [0, 0.1) is 0 Å². The summed E-state index contributed by atoms with van der Waals surface area (Å²) >= 11 is 0. The van der Waals surface area contributed by atoms with E-state index in [0.717, 1.165) is 11.1 Å². The van der Waals surface area contributed by atoms with Crippen LogP contribution in [0.5, 0.6) is 5.75 Å². The molecule has 2 aromatic carbocycles. The normalized spacial score (nSPS) is 11.5. The molecule has 0 radical (unpaired) electrons. The van der Waals surface area contributed by atoms with E-state index in [-0.39, 0.29) is 17.3 Å². The minimum absolute atomic E-state index is 0.0876. The predicted molar refractivity (Wildman–Crippen MR) is 96.1 cm³/mol. The molecule has 0 atom stereocenters. The van der Waals surface area contributed by atoms with Crippen molar-refractivity contribution in [3.8, 4) is 17.1 Å². The molecular weight excluding hydrogens is 354 g/mol. The van der Waals surface area contributed by atoms with E-state index in [2.05, 4.69) is 14.9 Å². The first-order valence-electron chi connectivity index (χ1n) is 8.08. The minimum Gasteiger partial charge on any atom is -0.496 e. The number of sulfonamides is 1. The van der Waals surface area contributed by atoms with E-state index >= 15 is 0 Å². The maximum absolute atomic E-state index is 12.5. The molecule has 7 nitrogen and oxygen atoms in total. The molecule has 0 aliphatic heterocycles. The van der Waals surface area contributed by atoms with Crippen LogP contribution in [0.1, 0.15) is 18.4 Å². The molecule has 0 unspecified atom stereocenters. The van der Waals surface area contributed by atoms with Gasteiger partial charge in [0.05, 0.1) is 18.6 Å². The van der Waals surface area contributed by atoms with Crippen molar-refractivity contribution in [3.63, 3.8) is 0 Å². The molecule has 0 saturated heterocycles. The molecule has 0 fully saturated rings. The average Bonchev–Trinajstić information content (AvgIpc) is 3.15. The Morgan fingerprint density at radius 3 is 2.62 bits per heavy atom. The van der Waals surface area contributed by atoms with Gasteiger partial charge in [-0.1, -0.05) is 42.4 Å². The van der Waals surface area contributed by atoms with E-state index in [1.165, 1.54) is 6.07 Å². The second-order valence-corrected chi connectivity index (χ2v) is 7.30. The first kappa shape index (κ1) is 18.1. The minimum atomic E-state index is -3.70. The van der Waals surface area contributed by atoms with Gasteiger partial charge in [-0.05, 0) is 30.2 Å². The second kappa shape index (κ2) is 7.67. The fraction of sp³-hybridized carbons (Fsp3) is 0.222. The van der Waals surface area contributed by atoms with E-state index in [0.29, 0.717) is 18.0 Å². The molecule has 1 N–H and O–H groups in total. The number of methoxy groups -OCH3 is 1. The number of aryl methyl sites for hydroxylation is 1. The molecule has 3 aromatic rings. The number of hydrogen-bond donors (Lipinski definition) is 1. The maximum atomic E-state index is 12.5. The summed E-state index contributed by atoms with van der Waals surface area (Å²) in [5.74, 6) is 1.27. The summed E-state index contributed by atoms with van der Waals surface area (Å²) in [7, 11) is -2.15. The van der Waals surface area contributed by atoms with Crippen LogP contribution in [0.3, 0.4) is 0 Å². The zero-order valence-corrected chi connectivity index (χ0v) is 15.3. The lowest BCUT2D eigenvalue weighted by Crippen LogP contribution is -2.23. The highest BCUT2D eigenvalue weighted by Crippen LogP contribution is 2.23. The van der Waals surface area contributed by atoms with Crippen molar-refractivity contribution in [2.75, 3.05) is 7.11 Å². The Morgan fingerprint density at radius 2 is 1.92 bits per heavy atom. The zero-order valence-electron chi connectivity index (χ0n) is 14.5. The summed E-state index contributed by atoms with van der Waals surface area (Å²) in [4.78, 5) is 4.38. The third kappa shape index (κ3) is 3.92. The van der Waals surface area contributed by atoms with Crippen molar-refractivity contribution in [1.29, 1.82) is 0 Å². The van der Waals surface area contributed by atoms with Crippen molar-refractivity contribution in [3.05, 3.63) is 60.0 Å². The van der Waals surface area contributed by atoms with Crippen LogP contribution >= 0.6 is 0 Å². The van der Waals surface area contributed by atoms with E-state index in [1.807, 2.05) is 37.3 Å². The summed E-state index contributed by atoms with van der Waals surface area (Å²) in [6.07, 6.45) is 0.663. The van der Waals surface area contributed by atoms with Crippen LogP contribution in [0.15, 0.2) is 57.9 Å². The van der Waals surface area contributed by atoms with E-state index < -0.39 is 10.0 Å². The number of benzene rings is 2. The van der Waals surface area contributed by atoms with Gasteiger partial charge in [-0.25, -0.2) is 13.1 Å². The maximum Gasteiger partial charge on any atom is 0.242 e. The van der Waals surface area contributed by atoms with Crippen LogP contribution in [-0.4, -0.2) is 25.7 Å². The topological polar surface area (TPSA) is 94.3 Å². The molecule has 26 heavy (non-hydrogen) atoms. The van der Waals surface area contributed by atoms with Gasteiger partial charge in [0.2, 0.25) is 21.7 Å². The lowest BCUT2D eigenvalue weighted by atomic mass is 10.1. The number of nitrogens with one attached hydrogen (secondary N) is 1. The SMILES string of the molecule is CCc1cc(S(=O)(=O)NCc2nc(-c3ccccc3)no2)ccc1OC. The van der Waals surface area contributed by atoms with Crippen molar-refractivity contribution in [2.24, 2.45) is 0 Å². The Labute approximate surface area is 152 Å². The third-order valence-electron chi connectivity index (χ3n) is 3.86. The molecule has 0 aliphatic carbocycles. The fourth-order valence-electron chi connectivity index (χ4n) is 2.47. The average molecular weight is 373 g/mol. The van der Waals surface area contributed by atoms with Crippen molar-refractivity contribution >= 4 is 10.0 Å². The monoisotopic (exact) mass is 373 g/mol. The van der Waals surface area contributed by atoms with Gasteiger partial charge in [0.25, 0.3) is 0 Å². The molecular formula is C18H19N3O4S. The number of aromatic nitrogens is 2. The second-order valence-electron chi connectivity index (χ2n) is 5.53. The van der Waals surface area contributed by atoms with Crippen molar-refractivity contribution in [2.45, 2.75) is 24.8 Å². The van der Waals surface area contributed by atoms with Gasteiger partial charge >= 0.3 is 0 Å². The molecule has 1 heterocycles. The Balaban J connectivity index is 1.74. The highest BCUT2D eigenvalue weighted by atomic mass is 32.2. The van der Waals surface area contributed by atoms with Crippen LogP contribution in [0.2, 0.25) is 0 Å². The summed E-state index contributed by atoms with van der Waals surface area (Å²) in [5.41, 5.74) is 1.62. The number of ether oxygens (including phenoxy) is 1. The Bertz CT molecular complexity index is 985. The van der Waals surface area contributed by atoms with Crippen LogP contribution in [-0.2, 0) is 23.0 Å². The lowest BCUT2D eigenvalue weighted by molar-refractivity contribution is 0.376. The quantitative estimate of drug-likeness (QED) is 0.684. The Kier molecular flexibility index (Phi) is 5.34. The van der Waals surface area contributed by atoms with Crippen LogP contribution < -0.4 is 9.46 Å². The zero-order chi connectivity index (χ0) is 18.6. The lowest BCUT2D eigenvalue weighted by Gasteiger charge is -2.10. The Morgan fingerprint density at radius 1 is 1.15 bits per heavy atom. The van der Waals surface area contributed by atoms with E-state index in [9.17, 15) is 8.42 Å².